The van der Waals surface area contributed by atoms with Crippen molar-refractivity contribution in [1.29, 1.82) is 0 Å². The zero-order chi connectivity index (χ0) is 50.5. The van der Waals surface area contributed by atoms with Gasteiger partial charge in [-0.1, -0.05) is 91.2 Å². The van der Waals surface area contributed by atoms with E-state index in [1.807, 2.05) is 30.3 Å². The number of benzodiazepines with no additional fused rings is 3. The number of terminal acetylenes is 1. The molecule has 72 heavy (non-hydrogen) atoms. The van der Waals surface area contributed by atoms with Crippen LogP contribution >= 0.6 is 15.9 Å². The van der Waals surface area contributed by atoms with E-state index in [-0.39, 0.29) is 62.2 Å². The molecule has 10 nitrogen and oxygen atoms in total. The number of ether oxygens (including phenoxy) is 1. The number of amides is 3. The number of carbonyl (C=O) groups excluding carboxylic acids is 3. The first-order valence-corrected chi connectivity index (χ1v) is 26.9. The predicted molar refractivity (Wildman–Crippen MR) is 289 cm³/mol. The third kappa shape index (κ3) is 14.2. The zero-order valence-electron chi connectivity index (χ0n) is 39.1. The molecule has 0 radical (unpaired) electrons. The van der Waals surface area contributed by atoms with E-state index >= 15 is 0 Å². The summed E-state index contributed by atoms with van der Waals surface area (Å²) in [7, 11) is -1.51. The third-order valence-electron chi connectivity index (χ3n) is 10.7. The van der Waals surface area contributed by atoms with Crippen LogP contribution in [0.5, 0.6) is 0 Å². The fraction of sp³-hybridized carbons (Fsp3) is 0.193. The highest BCUT2D eigenvalue weighted by Gasteiger charge is 2.23. The molecule has 0 aliphatic carbocycles. The lowest BCUT2D eigenvalue weighted by Gasteiger charge is -2.11. The van der Waals surface area contributed by atoms with Crippen LogP contribution in [0.25, 0.3) is 0 Å². The van der Waals surface area contributed by atoms with E-state index in [1.54, 1.807) is 78.9 Å². The lowest BCUT2D eigenvalue weighted by Crippen LogP contribution is -2.16. The molecular formula is C57H52BrF3N6O4Si. The normalized spacial score (nSPS) is 14.3. The molecule has 0 bridgehead atoms. The first-order chi connectivity index (χ1) is 34.2. The molecule has 1 saturated heterocycles. The lowest BCUT2D eigenvalue weighted by atomic mass is 9.98. The Morgan fingerprint density at radius 3 is 1.29 bits per heavy atom. The average Bonchev–Trinajstić information content (AvgIpc) is 3.79. The van der Waals surface area contributed by atoms with Crippen molar-refractivity contribution in [2.24, 2.45) is 15.0 Å². The summed E-state index contributed by atoms with van der Waals surface area (Å²) in [5.74, 6) is 3.97. The third-order valence-corrected chi connectivity index (χ3v) is 12.1. The van der Waals surface area contributed by atoms with E-state index < -0.39 is 8.07 Å². The smallest absolute Gasteiger partial charge is 0.246 e. The largest absolute Gasteiger partial charge is 0.381 e. The second-order valence-electron chi connectivity index (χ2n) is 17.3. The van der Waals surface area contributed by atoms with Gasteiger partial charge in [0.05, 0.1) is 34.2 Å². The van der Waals surface area contributed by atoms with E-state index in [2.05, 4.69) is 83.9 Å². The van der Waals surface area contributed by atoms with Crippen LogP contribution in [0.1, 0.15) is 64.8 Å². The van der Waals surface area contributed by atoms with Crippen molar-refractivity contribution < 1.29 is 32.3 Å². The van der Waals surface area contributed by atoms with E-state index in [9.17, 15) is 27.6 Å². The maximum Gasteiger partial charge on any atom is 0.246 e. The number of halogens is 4. The van der Waals surface area contributed by atoms with Crippen LogP contribution in [-0.2, 0) is 19.1 Å². The van der Waals surface area contributed by atoms with Gasteiger partial charge in [0, 0.05) is 62.2 Å². The Labute approximate surface area is 427 Å². The van der Waals surface area contributed by atoms with Gasteiger partial charge >= 0.3 is 0 Å². The van der Waals surface area contributed by atoms with Gasteiger partial charge in [-0.3, -0.25) is 29.4 Å². The fourth-order valence-corrected chi connectivity index (χ4v) is 8.27. The van der Waals surface area contributed by atoms with Crippen molar-refractivity contribution in [3.8, 4) is 23.8 Å². The van der Waals surface area contributed by atoms with Crippen molar-refractivity contribution >= 4 is 75.9 Å². The van der Waals surface area contributed by atoms with Crippen LogP contribution in [0.3, 0.4) is 0 Å². The van der Waals surface area contributed by atoms with Crippen LogP contribution in [0.2, 0.25) is 19.6 Å². The maximum atomic E-state index is 14.3. The van der Waals surface area contributed by atoms with Gasteiger partial charge < -0.3 is 20.7 Å². The van der Waals surface area contributed by atoms with Crippen molar-refractivity contribution in [2.45, 2.75) is 39.9 Å². The maximum absolute atomic E-state index is 14.3. The Kier molecular flexibility index (Phi) is 18.6. The van der Waals surface area contributed by atoms with E-state index in [1.165, 1.54) is 31.0 Å². The number of nitrogens with zero attached hydrogens (tertiary/aromatic N) is 3. The molecule has 4 aliphatic rings. The molecule has 0 atom stereocenters. The molecule has 3 N–H and O–H groups in total. The van der Waals surface area contributed by atoms with Crippen molar-refractivity contribution in [2.75, 3.05) is 48.8 Å². The van der Waals surface area contributed by atoms with Gasteiger partial charge in [0.25, 0.3) is 0 Å². The number of carbonyl (C=O) groups is 3. The number of nitrogens with one attached hydrogen (secondary N) is 3. The summed E-state index contributed by atoms with van der Waals surface area (Å²) in [6.07, 6.45) is 7.97. The van der Waals surface area contributed by atoms with Crippen molar-refractivity contribution in [3.05, 3.63) is 194 Å². The molecular weight excluding hydrogens is 998 g/mol. The van der Waals surface area contributed by atoms with E-state index in [0.29, 0.717) is 73.1 Å². The van der Waals surface area contributed by atoms with Gasteiger partial charge in [0.1, 0.15) is 45.2 Å². The SMILES string of the molecule is C.C#Cc1ccc2c(c1)C(c1ccccc1F)=NCC(=O)N2.C1CCOC1.C[Si](C)(C)C#Cc1ccc2c(c1)C(c1ccccc1F)=NCC(=O)N2.O=C1CN=C(c2ccccc2F)c2cc(Br)ccc2N1. The lowest BCUT2D eigenvalue weighted by molar-refractivity contribution is -0.115. The Morgan fingerprint density at radius 2 is 0.917 bits per heavy atom. The molecule has 0 spiro atoms. The summed E-state index contributed by atoms with van der Waals surface area (Å²) in [5, 5.41) is 8.35. The first kappa shape index (κ1) is 53.7. The Balaban J connectivity index is 0.000000168. The van der Waals surface area contributed by atoms with Gasteiger partial charge in [-0.15, -0.1) is 12.0 Å². The molecule has 4 heterocycles. The van der Waals surface area contributed by atoms with Gasteiger partial charge in [-0.05, 0) is 104 Å². The highest BCUT2D eigenvalue weighted by molar-refractivity contribution is 9.10. The number of anilines is 3. The van der Waals surface area contributed by atoms with Crippen LogP contribution in [0.15, 0.2) is 147 Å². The Bertz CT molecular complexity index is 3210. The quantitative estimate of drug-likeness (QED) is 0.120. The van der Waals surface area contributed by atoms with Crippen LogP contribution in [0, 0.1) is 41.3 Å². The number of fused-ring (bicyclic) bond motifs is 3. The van der Waals surface area contributed by atoms with Gasteiger partial charge in [-0.2, -0.15) is 0 Å². The molecule has 4 aliphatic heterocycles. The topological polar surface area (TPSA) is 134 Å². The molecule has 3 amide bonds. The molecule has 0 saturated carbocycles. The van der Waals surface area contributed by atoms with Crippen molar-refractivity contribution in [1.82, 2.24) is 0 Å². The number of benzene rings is 6. The Morgan fingerprint density at radius 1 is 0.542 bits per heavy atom. The Hall–Kier alpha value is -7.69. The van der Waals surface area contributed by atoms with E-state index in [0.717, 1.165) is 23.2 Å². The molecule has 10 rings (SSSR count). The minimum Gasteiger partial charge on any atom is -0.381 e. The highest BCUT2D eigenvalue weighted by Crippen LogP contribution is 2.29. The fourth-order valence-electron chi connectivity index (χ4n) is 7.39. The minimum atomic E-state index is -1.51. The summed E-state index contributed by atoms with van der Waals surface area (Å²) in [6.45, 7) is 8.43. The second-order valence-corrected chi connectivity index (χ2v) is 22.9. The van der Waals surface area contributed by atoms with Crippen molar-refractivity contribution in [3.63, 3.8) is 0 Å². The molecule has 366 valence electrons. The molecule has 6 aromatic carbocycles. The monoisotopic (exact) mass is 1050 g/mol. The van der Waals surface area contributed by atoms with Crippen LogP contribution in [-0.4, -0.2) is 75.8 Å². The molecule has 1 fully saturated rings. The summed E-state index contributed by atoms with van der Waals surface area (Å²) in [6, 6.07) is 35.4. The standard InChI is InChI=1S/C20H19FN2OSi.C17H11FN2O.C15H10BrFN2O.C4H8O.CH4/c1-25(2,3)11-10-14-8-9-18-16(12-14)20(22-13-19(24)23-18)15-6-4-5-7-17(15)21;1-2-11-7-8-15-13(9-11)17(19-10-16(21)20-15)12-5-3-4-6-14(12)18;16-9-5-6-13-11(7-9)15(18-8-14(20)19-13)10-3-1-2-4-12(10)17;1-2-4-5-3-1;/h4-9,12H,13H2,1-3H3,(H,23,24);1,3-9H,10H2,(H,20,21);1-7H,8H2,(H,19,20);1-4H2;1H4. The number of rotatable bonds is 3. The summed E-state index contributed by atoms with van der Waals surface area (Å²) in [4.78, 5) is 48.2. The van der Waals surface area contributed by atoms with E-state index in [4.69, 9.17) is 11.2 Å². The average molecular weight is 1050 g/mol. The van der Waals surface area contributed by atoms with Gasteiger partial charge in [-0.25, -0.2) is 13.2 Å². The highest BCUT2D eigenvalue weighted by atomic mass is 79.9. The van der Waals surface area contributed by atoms with Crippen LogP contribution < -0.4 is 16.0 Å². The van der Waals surface area contributed by atoms with Gasteiger partial charge in [0.2, 0.25) is 17.7 Å². The minimum absolute atomic E-state index is 0. The molecule has 6 aromatic rings. The summed E-state index contributed by atoms with van der Waals surface area (Å²) < 4.78 is 48.1. The predicted octanol–water partition coefficient (Wildman–Crippen LogP) is 11.3. The van der Waals surface area contributed by atoms with Crippen LogP contribution in [0.4, 0.5) is 30.2 Å². The summed E-state index contributed by atoms with van der Waals surface area (Å²) >= 11 is 3.39. The molecule has 0 aromatic heterocycles. The zero-order valence-corrected chi connectivity index (χ0v) is 41.7. The number of hydrogen-bond donors (Lipinski definition) is 3. The second kappa shape index (κ2) is 24.9. The van der Waals surface area contributed by atoms with Gasteiger partial charge in [0.15, 0.2) is 0 Å². The summed E-state index contributed by atoms with van der Waals surface area (Å²) in [5.41, 5.74) is 11.2. The number of aliphatic imine (C=N–C) groups is 3. The molecule has 15 heteroatoms. The number of hydrogen-bond acceptors (Lipinski definition) is 7. The molecule has 0 unspecified atom stereocenters. The first-order valence-electron chi connectivity index (χ1n) is 22.6.